The van der Waals surface area contributed by atoms with Crippen molar-refractivity contribution in [2.24, 2.45) is 5.92 Å². The average Bonchev–Trinajstić information content (AvgIpc) is 1.97. The highest BCUT2D eigenvalue weighted by Crippen LogP contribution is 2.12. The highest BCUT2D eigenvalue weighted by atomic mass is 35.5. The standard InChI is InChI=1S/C8H17ClO/c1-8(4-2-6-9)5-3-7-10/h8,10H,2-7H2,1H3/t8-/m0/s1. The van der Waals surface area contributed by atoms with Crippen molar-refractivity contribution >= 4 is 11.6 Å². The quantitative estimate of drug-likeness (QED) is 0.598. The van der Waals surface area contributed by atoms with Crippen molar-refractivity contribution in [3.63, 3.8) is 0 Å². The van der Waals surface area contributed by atoms with Crippen LogP contribution in [0.1, 0.15) is 32.6 Å². The topological polar surface area (TPSA) is 20.2 Å². The zero-order chi connectivity index (χ0) is 7.82. The zero-order valence-electron chi connectivity index (χ0n) is 6.65. The number of alkyl halides is 1. The molecule has 0 amide bonds. The number of aliphatic hydroxyl groups is 1. The molecule has 0 heterocycles. The van der Waals surface area contributed by atoms with Crippen LogP contribution in [-0.4, -0.2) is 17.6 Å². The summed E-state index contributed by atoms with van der Waals surface area (Å²) in [7, 11) is 0. The van der Waals surface area contributed by atoms with Crippen molar-refractivity contribution in [1.29, 1.82) is 0 Å². The molecule has 2 heteroatoms. The fourth-order valence-electron chi connectivity index (χ4n) is 1.01. The first-order valence-corrected chi connectivity index (χ1v) is 4.51. The molecule has 0 aliphatic carbocycles. The summed E-state index contributed by atoms with van der Waals surface area (Å²) in [5.41, 5.74) is 0. The van der Waals surface area contributed by atoms with E-state index in [1.54, 1.807) is 0 Å². The van der Waals surface area contributed by atoms with Crippen LogP contribution in [-0.2, 0) is 0 Å². The Morgan fingerprint density at radius 2 is 1.90 bits per heavy atom. The van der Waals surface area contributed by atoms with Gasteiger partial charge in [-0.2, -0.15) is 0 Å². The van der Waals surface area contributed by atoms with Gasteiger partial charge in [0, 0.05) is 12.5 Å². The normalized spacial score (nSPS) is 13.5. The first-order valence-electron chi connectivity index (χ1n) is 3.98. The lowest BCUT2D eigenvalue weighted by Crippen LogP contribution is -1.96. The van der Waals surface area contributed by atoms with Crippen molar-refractivity contribution in [1.82, 2.24) is 0 Å². The Bertz CT molecular complexity index is 58.3. The van der Waals surface area contributed by atoms with E-state index in [-0.39, 0.29) is 0 Å². The van der Waals surface area contributed by atoms with Crippen LogP contribution in [0, 0.1) is 5.92 Å². The Hall–Kier alpha value is 0.250. The predicted octanol–water partition coefficient (Wildman–Crippen LogP) is 2.41. The van der Waals surface area contributed by atoms with E-state index in [1.807, 2.05) is 0 Å². The van der Waals surface area contributed by atoms with E-state index in [1.165, 1.54) is 6.42 Å². The van der Waals surface area contributed by atoms with Crippen molar-refractivity contribution in [2.45, 2.75) is 32.6 Å². The van der Waals surface area contributed by atoms with Crippen LogP contribution >= 0.6 is 11.6 Å². The summed E-state index contributed by atoms with van der Waals surface area (Å²) in [6, 6.07) is 0. The van der Waals surface area contributed by atoms with Gasteiger partial charge < -0.3 is 5.11 Å². The largest absolute Gasteiger partial charge is 0.396 e. The van der Waals surface area contributed by atoms with Crippen LogP contribution in [0.3, 0.4) is 0 Å². The molecule has 62 valence electrons. The maximum atomic E-state index is 8.51. The highest BCUT2D eigenvalue weighted by Gasteiger charge is 1.99. The molecule has 0 aliphatic rings. The number of halogens is 1. The van der Waals surface area contributed by atoms with Gasteiger partial charge in [0.05, 0.1) is 0 Å². The van der Waals surface area contributed by atoms with Gasteiger partial charge in [-0.1, -0.05) is 6.92 Å². The average molecular weight is 165 g/mol. The van der Waals surface area contributed by atoms with Crippen LogP contribution in [0.5, 0.6) is 0 Å². The molecule has 0 aliphatic heterocycles. The zero-order valence-corrected chi connectivity index (χ0v) is 7.40. The molecular weight excluding hydrogens is 148 g/mol. The predicted molar refractivity (Wildman–Crippen MR) is 45.4 cm³/mol. The number of rotatable bonds is 6. The Labute approximate surface area is 68.4 Å². The Morgan fingerprint density at radius 1 is 1.30 bits per heavy atom. The SMILES string of the molecule is C[C@H](CCCO)CCCCl. The first-order chi connectivity index (χ1) is 4.81. The van der Waals surface area contributed by atoms with E-state index in [9.17, 15) is 0 Å². The summed E-state index contributed by atoms with van der Waals surface area (Å²) in [6.07, 6.45) is 4.37. The molecule has 1 N–H and O–H groups in total. The van der Waals surface area contributed by atoms with E-state index >= 15 is 0 Å². The van der Waals surface area contributed by atoms with E-state index in [4.69, 9.17) is 16.7 Å². The molecular formula is C8H17ClO. The van der Waals surface area contributed by atoms with Crippen LogP contribution in [0.4, 0.5) is 0 Å². The number of aliphatic hydroxyl groups excluding tert-OH is 1. The minimum Gasteiger partial charge on any atom is -0.396 e. The lowest BCUT2D eigenvalue weighted by atomic mass is 10.0. The second-order valence-electron chi connectivity index (χ2n) is 2.80. The molecule has 1 nitrogen and oxygen atoms in total. The van der Waals surface area contributed by atoms with Gasteiger partial charge >= 0.3 is 0 Å². The van der Waals surface area contributed by atoms with Crippen molar-refractivity contribution in [3.05, 3.63) is 0 Å². The second-order valence-corrected chi connectivity index (χ2v) is 3.18. The van der Waals surface area contributed by atoms with Crippen LogP contribution < -0.4 is 0 Å². The maximum Gasteiger partial charge on any atom is 0.0431 e. The molecule has 0 saturated carbocycles. The summed E-state index contributed by atoms with van der Waals surface area (Å²) < 4.78 is 0. The van der Waals surface area contributed by atoms with Gasteiger partial charge in [-0.25, -0.2) is 0 Å². The van der Waals surface area contributed by atoms with Gasteiger partial charge in [0.1, 0.15) is 0 Å². The Morgan fingerprint density at radius 3 is 2.40 bits per heavy atom. The Balaban J connectivity index is 3.00. The van der Waals surface area contributed by atoms with E-state index < -0.39 is 0 Å². The number of hydrogen-bond acceptors (Lipinski definition) is 1. The van der Waals surface area contributed by atoms with Crippen molar-refractivity contribution < 1.29 is 5.11 Å². The molecule has 0 aromatic heterocycles. The molecule has 0 aromatic rings. The second kappa shape index (κ2) is 7.36. The first kappa shape index (κ1) is 10.2. The lowest BCUT2D eigenvalue weighted by Gasteiger charge is -2.07. The van der Waals surface area contributed by atoms with E-state index in [0.29, 0.717) is 6.61 Å². The molecule has 0 saturated heterocycles. The fourth-order valence-corrected chi connectivity index (χ4v) is 1.16. The van der Waals surface area contributed by atoms with Crippen LogP contribution in [0.25, 0.3) is 0 Å². The molecule has 0 rings (SSSR count). The smallest absolute Gasteiger partial charge is 0.0431 e. The monoisotopic (exact) mass is 164 g/mol. The summed E-state index contributed by atoms with van der Waals surface area (Å²) in [5, 5.41) is 8.51. The summed E-state index contributed by atoms with van der Waals surface area (Å²) in [6.45, 7) is 2.54. The van der Waals surface area contributed by atoms with Crippen molar-refractivity contribution in [3.8, 4) is 0 Å². The molecule has 1 atom stereocenters. The van der Waals surface area contributed by atoms with Gasteiger partial charge in [0.25, 0.3) is 0 Å². The minimum atomic E-state index is 0.325. The summed E-state index contributed by atoms with van der Waals surface area (Å²) in [5.74, 6) is 1.50. The third kappa shape index (κ3) is 6.37. The fraction of sp³-hybridized carbons (Fsp3) is 1.00. The number of hydrogen-bond donors (Lipinski definition) is 1. The van der Waals surface area contributed by atoms with Crippen LogP contribution in [0.2, 0.25) is 0 Å². The molecule has 0 spiro atoms. The summed E-state index contributed by atoms with van der Waals surface area (Å²) >= 11 is 5.53. The third-order valence-electron chi connectivity index (χ3n) is 1.69. The molecule has 10 heavy (non-hydrogen) atoms. The molecule has 0 bridgehead atoms. The van der Waals surface area contributed by atoms with Gasteiger partial charge in [-0.3, -0.25) is 0 Å². The molecule has 0 unspecified atom stereocenters. The Kier molecular flexibility index (Phi) is 7.54. The molecule has 0 fully saturated rings. The van der Waals surface area contributed by atoms with Gasteiger partial charge in [0.2, 0.25) is 0 Å². The van der Waals surface area contributed by atoms with Gasteiger partial charge in [-0.15, -0.1) is 11.6 Å². The summed E-state index contributed by atoms with van der Waals surface area (Å²) in [4.78, 5) is 0. The van der Waals surface area contributed by atoms with E-state index in [2.05, 4.69) is 6.92 Å². The molecule has 0 aromatic carbocycles. The van der Waals surface area contributed by atoms with Gasteiger partial charge in [0.15, 0.2) is 0 Å². The lowest BCUT2D eigenvalue weighted by molar-refractivity contribution is 0.271. The minimum absolute atomic E-state index is 0.325. The van der Waals surface area contributed by atoms with E-state index in [0.717, 1.165) is 31.1 Å². The van der Waals surface area contributed by atoms with Gasteiger partial charge in [-0.05, 0) is 31.6 Å². The maximum absolute atomic E-state index is 8.51. The van der Waals surface area contributed by atoms with Crippen molar-refractivity contribution in [2.75, 3.05) is 12.5 Å². The molecule has 0 radical (unpaired) electrons. The van der Waals surface area contributed by atoms with Crippen LogP contribution in [0.15, 0.2) is 0 Å². The highest BCUT2D eigenvalue weighted by molar-refractivity contribution is 6.17. The third-order valence-corrected chi connectivity index (χ3v) is 1.95.